The van der Waals surface area contributed by atoms with Crippen molar-refractivity contribution in [1.82, 2.24) is 10.2 Å². The van der Waals surface area contributed by atoms with Crippen LogP contribution in [0.25, 0.3) is 0 Å². The summed E-state index contributed by atoms with van der Waals surface area (Å²) >= 11 is 0. The zero-order chi connectivity index (χ0) is 21.0. The van der Waals surface area contributed by atoms with E-state index in [-0.39, 0.29) is 17.0 Å². The maximum atomic E-state index is 12.7. The lowest BCUT2D eigenvalue weighted by atomic mass is 10.1. The fourth-order valence-electron chi connectivity index (χ4n) is 3.07. The Morgan fingerprint density at radius 3 is 2.66 bits per heavy atom. The first-order valence-electron chi connectivity index (χ1n) is 8.85. The van der Waals surface area contributed by atoms with Gasteiger partial charge in [-0.05, 0) is 43.2 Å². The first-order valence-corrected chi connectivity index (χ1v) is 8.85. The fourth-order valence-corrected chi connectivity index (χ4v) is 3.07. The summed E-state index contributed by atoms with van der Waals surface area (Å²) in [5.74, 6) is -1.62. The Balaban J connectivity index is 1.66. The molecule has 2 N–H and O–H groups in total. The molecule has 1 aliphatic rings. The molecule has 1 saturated heterocycles. The van der Waals surface area contributed by atoms with Gasteiger partial charge < -0.3 is 20.0 Å². The molecule has 10 heteroatoms. The zero-order valence-corrected chi connectivity index (χ0v) is 15.2. The molecule has 1 atom stereocenters. The van der Waals surface area contributed by atoms with Gasteiger partial charge in [0.2, 0.25) is 5.91 Å². The molecule has 0 bridgehead atoms. The molecule has 1 aliphatic heterocycles. The molecule has 1 aromatic heterocycles. The molecule has 0 aliphatic carbocycles. The number of halogens is 3. The molecule has 3 rings (SSSR count). The van der Waals surface area contributed by atoms with Crippen molar-refractivity contribution in [3.05, 3.63) is 54.0 Å². The largest absolute Gasteiger partial charge is 0.459 e. The Kier molecular flexibility index (Phi) is 5.90. The number of amides is 3. The average Bonchev–Trinajstić information content (AvgIpc) is 3.37. The van der Waals surface area contributed by atoms with Crippen LogP contribution in [0.15, 0.2) is 47.1 Å². The molecule has 0 spiro atoms. The van der Waals surface area contributed by atoms with Crippen molar-refractivity contribution in [2.45, 2.75) is 25.1 Å². The Labute approximate surface area is 163 Å². The summed E-state index contributed by atoms with van der Waals surface area (Å²) in [5, 5.41) is 4.39. The summed E-state index contributed by atoms with van der Waals surface area (Å²) in [7, 11) is 0. The van der Waals surface area contributed by atoms with Crippen LogP contribution < -0.4 is 10.6 Å². The summed E-state index contributed by atoms with van der Waals surface area (Å²) in [6.07, 6.45) is -2.05. The minimum absolute atomic E-state index is 0.0259. The molecular weight excluding hydrogens is 391 g/mol. The molecule has 29 heavy (non-hydrogen) atoms. The van der Waals surface area contributed by atoms with Gasteiger partial charge in [0.05, 0.1) is 6.26 Å². The average molecular weight is 409 g/mol. The summed E-state index contributed by atoms with van der Waals surface area (Å²) in [6, 6.07) is 7.94. The SMILES string of the molecule is O=C(NCC(F)(F)F)c1cccc(NC(=O)C2CCCN2C(=O)c2ccco2)c1. The number of anilines is 1. The minimum atomic E-state index is -4.52. The molecule has 2 aromatic rings. The van der Waals surface area contributed by atoms with Crippen molar-refractivity contribution in [2.24, 2.45) is 0 Å². The predicted octanol–water partition coefficient (Wildman–Crippen LogP) is 2.82. The molecular formula is C19H18F3N3O4. The number of nitrogens with one attached hydrogen (secondary N) is 2. The van der Waals surface area contributed by atoms with Crippen LogP contribution >= 0.6 is 0 Å². The number of furan rings is 1. The summed E-state index contributed by atoms with van der Waals surface area (Å²) in [5.41, 5.74) is 0.217. The highest BCUT2D eigenvalue weighted by Gasteiger charge is 2.35. The molecule has 3 amide bonds. The number of carbonyl (C=O) groups is 3. The molecule has 1 aromatic carbocycles. The third kappa shape index (κ3) is 5.15. The number of benzene rings is 1. The molecule has 154 valence electrons. The van der Waals surface area contributed by atoms with Gasteiger partial charge in [-0.25, -0.2) is 0 Å². The minimum Gasteiger partial charge on any atom is -0.459 e. The summed E-state index contributed by atoms with van der Waals surface area (Å²) in [4.78, 5) is 38.4. The van der Waals surface area contributed by atoms with E-state index in [4.69, 9.17) is 4.42 Å². The van der Waals surface area contributed by atoms with Crippen LogP contribution in [0.1, 0.15) is 33.8 Å². The first-order chi connectivity index (χ1) is 13.7. The second-order valence-electron chi connectivity index (χ2n) is 6.50. The maximum absolute atomic E-state index is 12.7. The van der Waals surface area contributed by atoms with Crippen molar-refractivity contribution >= 4 is 23.4 Å². The van der Waals surface area contributed by atoms with Gasteiger partial charge in [0.25, 0.3) is 11.8 Å². The van der Waals surface area contributed by atoms with Gasteiger partial charge in [-0.1, -0.05) is 6.07 Å². The van der Waals surface area contributed by atoms with Gasteiger partial charge in [-0.2, -0.15) is 13.2 Å². The predicted molar refractivity (Wildman–Crippen MR) is 96.2 cm³/mol. The van der Waals surface area contributed by atoms with E-state index in [2.05, 4.69) is 5.32 Å². The lowest BCUT2D eigenvalue weighted by molar-refractivity contribution is -0.123. The number of likely N-dealkylation sites (tertiary alicyclic amines) is 1. The Morgan fingerprint density at radius 2 is 1.97 bits per heavy atom. The number of rotatable bonds is 5. The highest BCUT2D eigenvalue weighted by molar-refractivity contribution is 6.01. The number of hydrogen-bond donors (Lipinski definition) is 2. The number of carbonyl (C=O) groups excluding carboxylic acids is 3. The Hall–Kier alpha value is -3.30. The standard InChI is InChI=1S/C19H18F3N3O4/c20-19(21,22)11-23-16(26)12-4-1-5-13(10-12)24-17(27)14-6-2-8-25(14)18(28)15-7-3-9-29-15/h1,3-5,7,9-10,14H,2,6,8,11H2,(H,23,26)(H,24,27). The van der Waals surface area contributed by atoms with Crippen molar-refractivity contribution < 1.29 is 32.0 Å². The van der Waals surface area contributed by atoms with E-state index < -0.39 is 36.5 Å². The molecule has 1 fully saturated rings. The van der Waals surface area contributed by atoms with Crippen molar-refractivity contribution in [3.8, 4) is 0 Å². The monoisotopic (exact) mass is 409 g/mol. The van der Waals surface area contributed by atoms with Gasteiger partial charge in [0, 0.05) is 17.8 Å². The van der Waals surface area contributed by atoms with Gasteiger partial charge in [-0.3, -0.25) is 14.4 Å². The van der Waals surface area contributed by atoms with Gasteiger partial charge in [0.15, 0.2) is 5.76 Å². The smallest absolute Gasteiger partial charge is 0.405 e. The van der Waals surface area contributed by atoms with Crippen molar-refractivity contribution in [1.29, 1.82) is 0 Å². The molecule has 0 radical (unpaired) electrons. The Morgan fingerprint density at radius 1 is 1.17 bits per heavy atom. The van der Waals surface area contributed by atoms with Crippen LogP contribution in [0.3, 0.4) is 0 Å². The Bertz CT molecular complexity index is 896. The fraction of sp³-hybridized carbons (Fsp3) is 0.316. The highest BCUT2D eigenvalue weighted by Crippen LogP contribution is 2.22. The van der Waals surface area contributed by atoms with E-state index in [1.165, 1.54) is 41.5 Å². The van der Waals surface area contributed by atoms with E-state index in [1.807, 2.05) is 0 Å². The van der Waals surface area contributed by atoms with Crippen LogP contribution in [0, 0.1) is 0 Å². The zero-order valence-electron chi connectivity index (χ0n) is 15.2. The molecule has 1 unspecified atom stereocenters. The van der Waals surface area contributed by atoms with Crippen molar-refractivity contribution in [2.75, 3.05) is 18.4 Å². The number of nitrogens with zero attached hydrogens (tertiary/aromatic N) is 1. The molecule has 7 nitrogen and oxygen atoms in total. The van der Waals surface area contributed by atoms with E-state index >= 15 is 0 Å². The summed E-state index contributed by atoms with van der Waals surface area (Å²) in [6.45, 7) is -1.05. The quantitative estimate of drug-likeness (QED) is 0.795. The van der Waals surface area contributed by atoms with Crippen LogP contribution in [-0.4, -0.2) is 47.9 Å². The maximum Gasteiger partial charge on any atom is 0.405 e. The van der Waals surface area contributed by atoms with Crippen LogP contribution in [-0.2, 0) is 4.79 Å². The highest BCUT2D eigenvalue weighted by atomic mass is 19.4. The number of alkyl halides is 3. The first kappa shape index (κ1) is 20.4. The van der Waals surface area contributed by atoms with Crippen LogP contribution in [0.4, 0.5) is 18.9 Å². The number of hydrogen-bond acceptors (Lipinski definition) is 4. The third-order valence-electron chi connectivity index (χ3n) is 4.39. The van der Waals surface area contributed by atoms with E-state index in [0.717, 1.165) is 0 Å². The lowest BCUT2D eigenvalue weighted by Gasteiger charge is -2.23. The third-order valence-corrected chi connectivity index (χ3v) is 4.39. The lowest BCUT2D eigenvalue weighted by Crippen LogP contribution is -2.43. The van der Waals surface area contributed by atoms with E-state index in [1.54, 1.807) is 11.4 Å². The van der Waals surface area contributed by atoms with Crippen LogP contribution in [0.5, 0.6) is 0 Å². The normalized spacial score (nSPS) is 16.5. The van der Waals surface area contributed by atoms with Gasteiger partial charge in [-0.15, -0.1) is 0 Å². The summed E-state index contributed by atoms with van der Waals surface area (Å²) < 4.78 is 41.8. The van der Waals surface area contributed by atoms with Crippen LogP contribution in [0.2, 0.25) is 0 Å². The molecule has 0 saturated carbocycles. The second kappa shape index (κ2) is 8.38. The van der Waals surface area contributed by atoms with Gasteiger partial charge >= 0.3 is 6.18 Å². The second-order valence-corrected chi connectivity index (χ2v) is 6.50. The van der Waals surface area contributed by atoms with Gasteiger partial charge in [0.1, 0.15) is 12.6 Å². The molecule has 2 heterocycles. The van der Waals surface area contributed by atoms with E-state index in [0.29, 0.717) is 19.4 Å². The van der Waals surface area contributed by atoms with Crippen molar-refractivity contribution in [3.63, 3.8) is 0 Å². The van der Waals surface area contributed by atoms with E-state index in [9.17, 15) is 27.6 Å². The topological polar surface area (TPSA) is 91.7 Å².